The van der Waals surface area contributed by atoms with Gasteiger partial charge in [0.05, 0.1) is 37.3 Å². The summed E-state index contributed by atoms with van der Waals surface area (Å²) < 4.78 is 11.0. The lowest BCUT2D eigenvalue weighted by Gasteiger charge is -2.17. The van der Waals surface area contributed by atoms with Gasteiger partial charge in [-0.05, 0) is 12.1 Å². The number of aromatic nitrogens is 2. The first-order chi connectivity index (χ1) is 13.5. The second kappa shape index (κ2) is 8.74. The fourth-order valence-electron chi connectivity index (χ4n) is 3.17. The molecule has 10 nitrogen and oxygen atoms in total. The lowest BCUT2D eigenvalue weighted by Crippen LogP contribution is -2.44. The first kappa shape index (κ1) is 19.7. The summed E-state index contributed by atoms with van der Waals surface area (Å²) in [6.07, 6.45) is 1.79. The molecule has 0 saturated carbocycles. The van der Waals surface area contributed by atoms with Crippen molar-refractivity contribution in [1.82, 2.24) is 15.3 Å². The molecule has 0 unspecified atom stereocenters. The van der Waals surface area contributed by atoms with Crippen molar-refractivity contribution < 1.29 is 29.3 Å². The van der Waals surface area contributed by atoms with E-state index >= 15 is 0 Å². The Kier molecular flexibility index (Phi) is 6.14. The maximum absolute atomic E-state index is 12.4. The average molecular weight is 388 g/mol. The van der Waals surface area contributed by atoms with Gasteiger partial charge in [-0.2, -0.15) is 0 Å². The number of carbonyl (C=O) groups is 2. The number of benzene rings is 1. The predicted molar refractivity (Wildman–Crippen MR) is 97.3 cm³/mol. The molecular weight excluding hydrogens is 368 g/mol. The third-order valence-electron chi connectivity index (χ3n) is 4.44. The Labute approximate surface area is 160 Å². The summed E-state index contributed by atoms with van der Waals surface area (Å²) in [6.45, 7) is 0.312. The summed E-state index contributed by atoms with van der Waals surface area (Å²) in [4.78, 5) is 29.0. The van der Waals surface area contributed by atoms with Gasteiger partial charge in [0.1, 0.15) is 24.1 Å². The smallest absolute Gasteiger partial charge is 0.290 e. The first-order valence-corrected chi connectivity index (χ1v) is 8.51. The van der Waals surface area contributed by atoms with Crippen LogP contribution in [0.5, 0.6) is 0 Å². The van der Waals surface area contributed by atoms with Crippen LogP contribution in [0.3, 0.4) is 0 Å². The number of carbonyl (C=O) groups excluding carboxylic acids is 1. The van der Waals surface area contributed by atoms with E-state index < -0.39 is 6.10 Å². The number of nitrogen functional groups attached to an aromatic ring is 1. The molecule has 0 radical (unpaired) electrons. The monoisotopic (exact) mass is 388 g/mol. The summed E-state index contributed by atoms with van der Waals surface area (Å²) in [7, 11) is 0. The number of amides is 1. The second-order valence-electron chi connectivity index (χ2n) is 6.26. The summed E-state index contributed by atoms with van der Waals surface area (Å²) in [5.41, 5.74) is 7.62. The molecule has 1 aromatic heterocycles. The van der Waals surface area contributed by atoms with Gasteiger partial charge in [0, 0.05) is 11.1 Å². The molecule has 28 heavy (non-hydrogen) atoms. The molecule has 2 aliphatic heterocycles. The summed E-state index contributed by atoms with van der Waals surface area (Å²) in [6, 6.07) is 6.75. The van der Waals surface area contributed by atoms with Crippen molar-refractivity contribution >= 4 is 18.2 Å². The number of nitrogens with zero attached hydrogens (tertiary/aromatic N) is 2. The van der Waals surface area contributed by atoms with Gasteiger partial charge in [0.15, 0.2) is 0 Å². The number of rotatable bonds is 3. The van der Waals surface area contributed by atoms with Crippen LogP contribution in [0.4, 0.5) is 5.82 Å². The molecule has 1 amide bonds. The van der Waals surface area contributed by atoms with E-state index in [4.69, 9.17) is 25.1 Å². The molecule has 2 aromatic rings. The Hall–Kier alpha value is -3.08. The first-order valence-electron chi connectivity index (χ1n) is 8.51. The third kappa shape index (κ3) is 4.25. The fraction of sp³-hybridized carbons (Fsp3) is 0.333. The van der Waals surface area contributed by atoms with Gasteiger partial charge in [0.25, 0.3) is 12.4 Å². The second-order valence-corrected chi connectivity index (χ2v) is 6.26. The minimum atomic E-state index is -0.634. The maximum atomic E-state index is 12.4. The number of hydrogen-bond acceptors (Lipinski definition) is 8. The third-order valence-corrected chi connectivity index (χ3v) is 4.44. The Morgan fingerprint density at radius 2 is 1.86 bits per heavy atom. The Bertz CT molecular complexity index is 831. The van der Waals surface area contributed by atoms with Gasteiger partial charge in [-0.25, -0.2) is 4.98 Å². The quantitative estimate of drug-likeness (QED) is 0.517. The van der Waals surface area contributed by atoms with Crippen molar-refractivity contribution in [1.29, 1.82) is 0 Å². The van der Waals surface area contributed by atoms with Gasteiger partial charge >= 0.3 is 0 Å². The highest BCUT2D eigenvalue weighted by molar-refractivity contribution is 5.94. The van der Waals surface area contributed by atoms with E-state index in [1.54, 1.807) is 30.5 Å². The van der Waals surface area contributed by atoms with E-state index in [0.717, 1.165) is 5.56 Å². The Balaban J connectivity index is 0.000000706. The Morgan fingerprint density at radius 1 is 1.18 bits per heavy atom. The zero-order valence-electron chi connectivity index (χ0n) is 14.8. The minimum absolute atomic E-state index is 0.218. The molecule has 4 rings (SSSR count). The van der Waals surface area contributed by atoms with Gasteiger partial charge < -0.3 is 30.7 Å². The van der Waals surface area contributed by atoms with E-state index in [1.165, 1.54) is 6.20 Å². The van der Waals surface area contributed by atoms with Crippen molar-refractivity contribution in [2.45, 2.75) is 24.4 Å². The molecule has 0 aliphatic carbocycles. The van der Waals surface area contributed by atoms with Crippen molar-refractivity contribution in [2.24, 2.45) is 0 Å². The van der Waals surface area contributed by atoms with Crippen LogP contribution in [-0.2, 0) is 14.3 Å². The van der Waals surface area contributed by atoms with E-state index in [2.05, 4.69) is 15.3 Å². The van der Waals surface area contributed by atoms with E-state index in [-0.39, 0.29) is 37.2 Å². The number of nitrogens with two attached hydrogens (primary N) is 1. The fourth-order valence-corrected chi connectivity index (χ4v) is 3.17. The lowest BCUT2D eigenvalue weighted by atomic mass is 10.1. The van der Waals surface area contributed by atoms with E-state index in [1.807, 2.05) is 0 Å². The summed E-state index contributed by atoms with van der Waals surface area (Å²) in [5.74, 6) is 0.123. The maximum Gasteiger partial charge on any atom is 0.290 e. The SMILES string of the molecule is Nc1cncc(-c2ccc(C(=O)N[C@@H]3CO[C@H]4[C@@H]3OC[C@H]4O)cc2)n1.O=CO. The zero-order chi connectivity index (χ0) is 20.1. The number of hydrogen-bond donors (Lipinski definition) is 4. The minimum Gasteiger partial charge on any atom is -0.483 e. The predicted octanol–water partition coefficient (Wildman–Crippen LogP) is -0.317. The number of carboxylic acid groups (broad SMARTS) is 1. The van der Waals surface area contributed by atoms with Gasteiger partial charge in [-0.1, -0.05) is 12.1 Å². The molecule has 2 saturated heterocycles. The Morgan fingerprint density at radius 3 is 2.54 bits per heavy atom. The largest absolute Gasteiger partial charge is 0.483 e. The van der Waals surface area contributed by atoms with E-state index in [9.17, 15) is 9.90 Å². The number of nitrogens with one attached hydrogen (secondary N) is 1. The molecule has 5 N–H and O–H groups in total. The van der Waals surface area contributed by atoms with Crippen LogP contribution in [0.1, 0.15) is 10.4 Å². The van der Waals surface area contributed by atoms with Crippen LogP contribution >= 0.6 is 0 Å². The normalized spacial score (nSPS) is 25.3. The molecule has 2 aliphatic rings. The molecule has 3 heterocycles. The van der Waals surface area contributed by atoms with Crippen molar-refractivity contribution in [3.63, 3.8) is 0 Å². The highest BCUT2D eigenvalue weighted by atomic mass is 16.6. The van der Waals surface area contributed by atoms with Gasteiger partial charge in [-0.15, -0.1) is 0 Å². The van der Waals surface area contributed by atoms with Gasteiger partial charge in [-0.3, -0.25) is 14.6 Å². The molecule has 1 aromatic carbocycles. The number of ether oxygens (including phenoxy) is 2. The average Bonchev–Trinajstić information content (AvgIpc) is 3.26. The van der Waals surface area contributed by atoms with Crippen molar-refractivity contribution in [3.05, 3.63) is 42.2 Å². The number of anilines is 1. The van der Waals surface area contributed by atoms with Crippen LogP contribution in [0.2, 0.25) is 0 Å². The molecule has 148 valence electrons. The van der Waals surface area contributed by atoms with Crippen LogP contribution in [0.15, 0.2) is 36.7 Å². The highest BCUT2D eigenvalue weighted by Gasteiger charge is 2.47. The molecule has 2 fully saturated rings. The van der Waals surface area contributed by atoms with Crippen LogP contribution < -0.4 is 11.1 Å². The van der Waals surface area contributed by atoms with E-state index in [0.29, 0.717) is 23.7 Å². The number of fused-ring (bicyclic) bond motifs is 1. The van der Waals surface area contributed by atoms with Crippen LogP contribution in [0.25, 0.3) is 11.3 Å². The topological polar surface area (TPSA) is 157 Å². The van der Waals surface area contributed by atoms with Crippen LogP contribution in [-0.4, -0.2) is 70.1 Å². The number of aliphatic hydroxyl groups is 1. The van der Waals surface area contributed by atoms with Crippen molar-refractivity contribution in [3.8, 4) is 11.3 Å². The zero-order valence-corrected chi connectivity index (χ0v) is 14.8. The highest BCUT2D eigenvalue weighted by Crippen LogP contribution is 2.27. The molecular formula is C18H20N4O6. The molecule has 0 spiro atoms. The summed E-state index contributed by atoms with van der Waals surface area (Å²) in [5, 5.41) is 19.5. The number of aliphatic hydroxyl groups excluding tert-OH is 1. The standard InChI is InChI=1S/C17H18N4O4.CH2O2/c18-14-6-19-5-11(20-14)9-1-3-10(4-2-9)17(23)21-12-7-24-16-13(22)8-25-15(12)16;2-1-3/h1-6,12-13,15-16,22H,7-8H2,(H2,18,20)(H,21,23);1H,(H,2,3)/t12-,13-,15-,16-;/m1./s1. The molecule has 4 atom stereocenters. The van der Waals surface area contributed by atoms with Crippen LogP contribution in [0, 0.1) is 0 Å². The summed E-state index contributed by atoms with van der Waals surface area (Å²) >= 11 is 0. The molecule has 0 bridgehead atoms. The van der Waals surface area contributed by atoms with Crippen molar-refractivity contribution in [2.75, 3.05) is 18.9 Å². The van der Waals surface area contributed by atoms with Gasteiger partial charge in [0.2, 0.25) is 0 Å². The molecule has 10 heteroatoms. The lowest BCUT2D eigenvalue weighted by molar-refractivity contribution is -0.122.